The van der Waals surface area contributed by atoms with Gasteiger partial charge in [-0.25, -0.2) is 0 Å². The lowest BCUT2D eigenvalue weighted by Crippen LogP contribution is -2.41. The Kier molecular flexibility index (Phi) is 7.30. The van der Waals surface area contributed by atoms with Crippen LogP contribution in [-0.4, -0.2) is 43.2 Å². The Bertz CT molecular complexity index is 842. The van der Waals surface area contributed by atoms with Crippen molar-refractivity contribution in [2.45, 2.75) is 76.0 Å². The van der Waals surface area contributed by atoms with Crippen LogP contribution in [0, 0.1) is 0 Å². The fraction of sp³-hybridized carbons (Fsp3) is 0.571. The van der Waals surface area contributed by atoms with Crippen molar-refractivity contribution in [3.8, 4) is 11.5 Å². The molecule has 2 fully saturated rings. The van der Waals surface area contributed by atoms with Crippen LogP contribution in [-0.2, 0) is 6.42 Å². The van der Waals surface area contributed by atoms with Gasteiger partial charge < -0.3 is 19.7 Å². The molecule has 2 aromatic rings. The number of nitrogens with one attached hydrogen (secondary N) is 1. The second kappa shape index (κ2) is 10.7. The quantitative estimate of drug-likeness (QED) is 0.622. The van der Waals surface area contributed by atoms with E-state index in [0.717, 1.165) is 43.7 Å². The van der Waals surface area contributed by atoms with Crippen molar-refractivity contribution in [1.82, 2.24) is 10.2 Å². The van der Waals surface area contributed by atoms with E-state index in [2.05, 4.69) is 58.7 Å². The first-order chi connectivity index (χ1) is 15.8. The second-order valence-electron chi connectivity index (χ2n) is 9.77. The Morgan fingerprint density at radius 2 is 1.72 bits per heavy atom. The summed E-state index contributed by atoms with van der Waals surface area (Å²) in [5.41, 5.74) is 2.54. The van der Waals surface area contributed by atoms with E-state index in [4.69, 9.17) is 9.47 Å². The fourth-order valence-corrected chi connectivity index (χ4v) is 5.53. The summed E-state index contributed by atoms with van der Waals surface area (Å²) >= 11 is 0. The molecule has 0 amide bonds. The minimum absolute atomic E-state index is 0.160. The summed E-state index contributed by atoms with van der Waals surface area (Å²) in [5, 5.41) is 3.80. The maximum Gasteiger partial charge on any atom is 0.124 e. The number of hydrogen-bond acceptors (Lipinski definition) is 4. The molecule has 172 valence electrons. The average molecular weight is 435 g/mol. The normalized spacial score (nSPS) is 26.2. The van der Waals surface area contributed by atoms with Gasteiger partial charge >= 0.3 is 0 Å². The van der Waals surface area contributed by atoms with E-state index in [9.17, 15) is 0 Å². The average Bonchev–Trinajstić information content (AvgIpc) is 2.86. The van der Waals surface area contributed by atoms with E-state index < -0.39 is 0 Å². The third-order valence-electron chi connectivity index (χ3n) is 7.44. The molecule has 1 atom stereocenters. The van der Waals surface area contributed by atoms with Gasteiger partial charge in [-0.15, -0.1) is 0 Å². The number of hydrogen-bond donors (Lipinski definition) is 1. The first-order valence-corrected chi connectivity index (χ1v) is 12.8. The predicted molar refractivity (Wildman–Crippen MR) is 130 cm³/mol. The highest BCUT2D eigenvalue weighted by Gasteiger charge is 2.24. The summed E-state index contributed by atoms with van der Waals surface area (Å²) < 4.78 is 12.7. The molecule has 1 saturated carbocycles. The Morgan fingerprint density at radius 3 is 2.53 bits per heavy atom. The van der Waals surface area contributed by atoms with Gasteiger partial charge in [0.25, 0.3) is 0 Å². The number of rotatable bonds is 7. The van der Waals surface area contributed by atoms with E-state index in [1.54, 1.807) is 0 Å². The van der Waals surface area contributed by atoms with Gasteiger partial charge in [-0.05, 0) is 93.8 Å². The molecule has 4 nitrogen and oxygen atoms in total. The predicted octanol–water partition coefficient (Wildman–Crippen LogP) is 5.52. The number of likely N-dealkylation sites (tertiary alicyclic amines) is 1. The van der Waals surface area contributed by atoms with Crippen LogP contribution in [0.3, 0.4) is 0 Å². The summed E-state index contributed by atoms with van der Waals surface area (Å²) in [6.07, 6.45) is 11.5. The number of aryl methyl sites for hydroxylation is 1. The van der Waals surface area contributed by atoms with Gasteiger partial charge in [0.2, 0.25) is 0 Å². The van der Waals surface area contributed by atoms with Crippen molar-refractivity contribution in [3.63, 3.8) is 0 Å². The van der Waals surface area contributed by atoms with E-state index in [0.29, 0.717) is 12.1 Å². The maximum absolute atomic E-state index is 6.39. The van der Waals surface area contributed by atoms with Crippen LogP contribution in [0.4, 0.5) is 0 Å². The van der Waals surface area contributed by atoms with Gasteiger partial charge in [0.1, 0.15) is 17.6 Å². The van der Waals surface area contributed by atoms with Crippen molar-refractivity contribution in [2.24, 2.45) is 0 Å². The molecule has 32 heavy (non-hydrogen) atoms. The van der Waals surface area contributed by atoms with Crippen molar-refractivity contribution in [1.29, 1.82) is 0 Å². The zero-order valence-electron chi connectivity index (χ0n) is 19.3. The van der Waals surface area contributed by atoms with Gasteiger partial charge in [-0.3, -0.25) is 0 Å². The zero-order chi connectivity index (χ0) is 21.6. The maximum atomic E-state index is 6.39. The molecule has 0 radical (unpaired) electrons. The van der Waals surface area contributed by atoms with Crippen molar-refractivity contribution >= 4 is 0 Å². The molecule has 0 spiro atoms. The number of piperidine rings is 1. The molecule has 1 aliphatic carbocycles. The molecule has 1 unspecified atom stereocenters. The first-order valence-electron chi connectivity index (χ1n) is 12.8. The first kappa shape index (κ1) is 21.8. The van der Waals surface area contributed by atoms with Gasteiger partial charge in [-0.2, -0.15) is 0 Å². The van der Waals surface area contributed by atoms with E-state index in [1.165, 1.54) is 62.9 Å². The molecule has 0 aromatic heterocycles. The van der Waals surface area contributed by atoms with Crippen LogP contribution >= 0.6 is 0 Å². The molecule has 2 aliphatic heterocycles. The monoisotopic (exact) mass is 434 g/mol. The molecule has 2 heterocycles. The van der Waals surface area contributed by atoms with E-state index in [1.807, 2.05) is 0 Å². The molecular formula is C28H38N2O2. The summed E-state index contributed by atoms with van der Waals surface area (Å²) in [4.78, 5) is 2.62. The number of ether oxygens (including phenoxy) is 2. The highest BCUT2D eigenvalue weighted by molar-refractivity contribution is 5.42. The van der Waals surface area contributed by atoms with Gasteiger partial charge in [0.15, 0.2) is 0 Å². The lowest BCUT2D eigenvalue weighted by molar-refractivity contribution is 0.136. The van der Waals surface area contributed by atoms with E-state index >= 15 is 0 Å². The fourth-order valence-electron chi connectivity index (χ4n) is 5.53. The standard InChI is InChI=1S/C28H38N2O2/c1-3-7-22(8-4-1)27-15-9-23-21-26(14-16-28(23)32-27)31-25-12-10-24(11-13-25)29-17-20-30-18-5-2-6-19-30/h1,3-4,7-8,14,16,21,24-25,27,29H,2,5-6,9-13,15,17-20H2. The summed E-state index contributed by atoms with van der Waals surface area (Å²) in [5.74, 6) is 2.02. The van der Waals surface area contributed by atoms with Crippen LogP contribution in [0.25, 0.3) is 0 Å². The molecule has 2 aromatic carbocycles. The second-order valence-corrected chi connectivity index (χ2v) is 9.77. The lowest BCUT2D eigenvalue weighted by Gasteiger charge is -2.32. The van der Waals surface area contributed by atoms with Gasteiger partial charge in [-0.1, -0.05) is 36.8 Å². The highest BCUT2D eigenvalue weighted by Crippen LogP contribution is 2.37. The summed E-state index contributed by atoms with van der Waals surface area (Å²) in [6, 6.07) is 17.6. The van der Waals surface area contributed by atoms with Gasteiger partial charge in [0, 0.05) is 19.1 Å². The number of fused-ring (bicyclic) bond motifs is 1. The molecule has 1 N–H and O–H groups in total. The SMILES string of the molecule is c1ccc(C2CCc3cc(OC4CCC(NCCN5CCCCC5)CC4)ccc3O2)cc1. The summed E-state index contributed by atoms with van der Waals surface area (Å²) in [7, 11) is 0. The summed E-state index contributed by atoms with van der Waals surface area (Å²) in [6.45, 7) is 4.92. The van der Waals surface area contributed by atoms with Crippen molar-refractivity contribution in [2.75, 3.05) is 26.2 Å². The number of benzene rings is 2. The number of nitrogens with zero attached hydrogens (tertiary/aromatic N) is 1. The molecule has 3 aliphatic rings. The smallest absolute Gasteiger partial charge is 0.124 e. The zero-order valence-corrected chi connectivity index (χ0v) is 19.3. The topological polar surface area (TPSA) is 33.7 Å². The molecule has 0 bridgehead atoms. The van der Waals surface area contributed by atoms with Gasteiger partial charge in [0.05, 0.1) is 6.10 Å². The van der Waals surface area contributed by atoms with Crippen LogP contribution < -0.4 is 14.8 Å². The molecule has 5 rings (SSSR count). The van der Waals surface area contributed by atoms with E-state index in [-0.39, 0.29) is 6.10 Å². The Balaban J connectivity index is 1.06. The Morgan fingerprint density at radius 1 is 0.906 bits per heavy atom. The molecule has 1 saturated heterocycles. The van der Waals surface area contributed by atoms with Crippen LogP contribution in [0.2, 0.25) is 0 Å². The minimum Gasteiger partial charge on any atom is -0.490 e. The lowest BCUT2D eigenvalue weighted by atomic mass is 9.92. The van der Waals surface area contributed by atoms with Crippen LogP contribution in [0.5, 0.6) is 11.5 Å². The van der Waals surface area contributed by atoms with Crippen LogP contribution in [0.15, 0.2) is 48.5 Å². The van der Waals surface area contributed by atoms with Crippen LogP contribution in [0.1, 0.15) is 68.6 Å². The Labute approximate surface area is 193 Å². The molecule has 4 heteroatoms. The third kappa shape index (κ3) is 5.65. The van der Waals surface area contributed by atoms with Crippen molar-refractivity contribution < 1.29 is 9.47 Å². The highest BCUT2D eigenvalue weighted by atomic mass is 16.5. The Hall–Kier alpha value is -2.04. The molecular weight excluding hydrogens is 396 g/mol. The van der Waals surface area contributed by atoms with Crippen molar-refractivity contribution in [3.05, 3.63) is 59.7 Å². The largest absolute Gasteiger partial charge is 0.490 e. The third-order valence-corrected chi connectivity index (χ3v) is 7.44. The minimum atomic E-state index is 0.160.